The van der Waals surface area contributed by atoms with Crippen LogP contribution >= 0.6 is 0 Å². The number of hydrogen-bond donors (Lipinski definition) is 2. The molecule has 0 bridgehead atoms. The van der Waals surface area contributed by atoms with Crippen LogP contribution < -0.4 is 11.2 Å². The Balaban J connectivity index is 3.53. The van der Waals surface area contributed by atoms with Gasteiger partial charge in [0.15, 0.2) is 0 Å². The normalized spacial score (nSPS) is 11.1. The number of rotatable bonds is 2. The molecular weight excluding hydrogens is 198 g/mol. The number of aliphatic hydroxyl groups excluding tert-OH is 1. The molecule has 0 spiro atoms. The second kappa shape index (κ2) is 3.71. The average Bonchev–Trinajstić information content (AvgIpc) is 2.17. The van der Waals surface area contributed by atoms with Gasteiger partial charge in [-0.25, -0.2) is 4.79 Å². The molecule has 0 radical (unpaired) electrons. The van der Waals surface area contributed by atoms with Gasteiger partial charge in [-0.1, -0.05) is 0 Å². The van der Waals surface area contributed by atoms with Crippen LogP contribution in [0.4, 0.5) is 0 Å². The van der Waals surface area contributed by atoms with E-state index in [1.54, 1.807) is 19.9 Å². The molecule has 1 aromatic heterocycles. The fraction of sp³-hybridized carbons (Fsp3) is 0.444. The molecule has 0 unspecified atom stereocenters. The number of nitriles is 1. The lowest BCUT2D eigenvalue weighted by Crippen LogP contribution is -2.43. The van der Waals surface area contributed by atoms with Crippen molar-refractivity contribution in [2.75, 3.05) is 6.61 Å². The van der Waals surface area contributed by atoms with E-state index < -0.39 is 16.8 Å². The van der Waals surface area contributed by atoms with E-state index in [1.807, 2.05) is 4.98 Å². The zero-order valence-electron chi connectivity index (χ0n) is 8.44. The van der Waals surface area contributed by atoms with E-state index in [9.17, 15) is 9.59 Å². The first-order chi connectivity index (χ1) is 6.92. The smallest absolute Gasteiger partial charge is 0.328 e. The summed E-state index contributed by atoms with van der Waals surface area (Å²) in [5.41, 5.74) is -2.37. The summed E-state index contributed by atoms with van der Waals surface area (Å²) in [5, 5.41) is 17.7. The molecule has 0 aromatic carbocycles. The van der Waals surface area contributed by atoms with Gasteiger partial charge in [0.05, 0.1) is 12.1 Å². The molecule has 0 atom stereocenters. The van der Waals surface area contributed by atoms with Gasteiger partial charge in [0, 0.05) is 6.20 Å². The van der Waals surface area contributed by atoms with Crippen molar-refractivity contribution in [3.05, 3.63) is 32.6 Å². The van der Waals surface area contributed by atoms with Crippen LogP contribution in [0.1, 0.15) is 19.4 Å². The Morgan fingerprint density at radius 3 is 2.67 bits per heavy atom. The van der Waals surface area contributed by atoms with Gasteiger partial charge < -0.3 is 5.11 Å². The molecule has 0 saturated carbocycles. The van der Waals surface area contributed by atoms with E-state index in [1.165, 1.54) is 0 Å². The average molecular weight is 209 g/mol. The largest absolute Gasteiger partial charge is 0.394 e. The zero-order chi connectivity index (χ0) is 11.6. The van der Waals surface area contributed by atoms with Gasteiger partial charge >= 0.3 is 5.69 Å². The molecule has 1 aromatic rings. The number of aromatic amines is 1. The van der Waals surface area contributed by atoms with E-state index in [-0.39, 0.29) is 12.2 Å². The molecule has 0 saturated heterocycles. The topological polar surface area (TPSA) is 98.9 Å². The van der Waals surface area contributed by atoms with Crippen LogP contribution in [0, 0.1) is 11.3 Å². The molecule has 6 nitrogen and oxygen atoms in total. The Morgan fingerprint density at radius 2 is 2.20 bits per heavy atom. The Bertz CT molecular complexity index is 519. The number of nitrogens with zero attached hydrogens (tertiary/aromatic N) is 2. The van der Waals surface area contributed by atoms with Crippen LogP contribution in [-0.2, 0) is 5.54 Å². The first-order valence-corrected chi connectivity index (χ1v) is 4.30. The maximum atomic E-state index is 11.4. The lowest BCUT2D eigenvalue weighted by atomic mass is 10.1. The van der Waals surface area contributed by atoms with Crippen molar-refractivity contribution in [1.29, 1.82) is 5.26 Å². The van der Waals surface area contributed by atoms with Crippen molar-refractivity contribution in [3.63, 3.8) is 0 Å². The molecule has 1 heterocycles. The fourth-order valence-electron chi connectivity index (χ4n) is 1.08. The monoisotopic (exact) mass is 209 g/mol. The molecule has 15 heavy (non-hydrogen) atoms. The Hall–Kier alpha value is -1.87. The Kier molecular flexibility index (Phi) is 2.77. The van der Waals surface area contributed by atoms with Gasteiger partial charge in [-0.05, 0) is 13.8 Å². The van der Waals surface area contributed by atoms with Crippen molar-refractivity contribution in [1.82, 2.24) is 9.55 Å². The quantitative estimate of drug-likeness (QED) is 0.661. The van der Waals surface area contributed by atoms with Crippen LogP contribution in [0.25, 0.3) is 0 Å². The highest BCUT2D eigenvalue weighted by molar-refractivity contribution is 5.22. The lowest BCUT2D eigenvalue weighted by molar-refractivity contribution is 0.159. The standard InChI is InChI=1S/C9H11N3O3/c1-9(2,5-13)12-4-6(3-10)7(14)11-8(12)15/h4,13H,5H2,1-2H3,(H,11,14,15). The van der Waals surface area contributed by atoms with Crippen LogP contribution in [0.3, 0.4) is 0 Å². The minimum Gasteiger partial charge on any atom is -0.394 e. The predicted molar refractivity (Wildman–Crippen MR) is 52.4 cm³/mol. The van der Waals surface area contributed by atoms with Gasteiger partial charge in [-0.3, -0.25) is 14.3 Å². The van der Waals surface area contributed by atoms with Gasteiger partial charge in [-0.2, -0.15) is 5.26 Å². The third kappa shape index (κ3) is 1.97. The van der Waals surface area contributed by atoms with Gasteiger partial charge in [0.25, 0.3) is 5.56 Å². The van der Waals surface area contributed by atoms with Gasteiger partial charge in [-0.15, -0.1) is 0 Å². The highest BCUT2D eigenvalue weighted by Crippen LogP contribution is 2.10. The maximum absolute atomic E-state index is 11.4. The van der Waals surface area contributed by atoms with Crippen LogP contribution in [0.5, 0.6) is 0 Å². The third-order valence-electron chi connectivity index (χ3n) is 2.10. The number of nitrogens with one attached hydrogen (secondary N) is 1. The summed E-state index contributed by atoms with van der Waals surface area (Å²) in [7, 11) is 0. The number of hydrogen-bond acceptors (Lipinski definition) is 4. The Labute approximate surface area is 85.4 Å². The molecule has 0 aliphatic rings. The van der Waals surface area contributed by atoms with Crippen LogP contribution in [0.2, 0.25) is 0 Å². The molecule has 6 heteroatoms. The molecule has 2 N–H and O–H groups in total. The second-order valence-electron chi connectivity index (χ2n) is 3.75. The van der Waals surface area contributed by atoms with Crippen LogP contribution in [0.15, 0.2) is 15.8 Å². The van der Waals surface area contributed by atoms with Crippen molar-refractivity contribution < 1.29 is 5.11 Å². The Morgan fingerprint density at radius 1 is 1.60 bits per heavy atom. The fourth-order valence-corrected chi connectivity index (χ4v) is 1.08. The predicted octanol–water partition coefficient (Wildman–Crippen LogP) is -0.864. The SMILES string of the molecule is CC(C)(CO)n1cc(C#N)c(=O)[nH]c1=O. The van der Waals surface area contributed by atoms with E-state index in [0.29, 0.717) is 0 Å². The molecular formula is C9H11N3O3. The van der Waals surface area contributed by atoms with E-state index in [2.05, 4.69) is 0 Å². The van der Waals surface area contributed by atoms with Crippen molar-refractivity contribution in [3.8, 4) is 6.07 Å². The summed E-state index contributed by atoms with van der Waals surface area (Å²) in [4.78, 5) is 24.5. The molecule has 0 aliphatic heterocycles. The van der Waals surface area contributed by atoms with E-state index in [4.69, 9.17) is 10.4 Å². The number of aromatic nitrogens is 2. The summed E-state index contributed by atoms with van der Waals surface area (Å²) in [6.07, 6.45) is 1.15. The van der Waals surface area contributed by atoms with Crippen molar-refractivity contribution in [2.24, 2.45) is 0 Å². The maximum Gasteiger partial charge on any atom is 0.328 e. The van der Waals surface area contributed by atoms with Crippen molar-refractivity contribution in [2.45, 2.75) is 19.4 Å². The minimum absolute atomic E-state index is 0.156. The van der Waals surface area contributed by atoms with Crippen LogP contribution in [-0.4, -0.2) is 21.3 Å². The molecule has 0 fully saturated rings. The summed E-state index contributed by atoms with van der Waals surface area (Å²) in [5.74, 6) is 0. The highest BCUT2D eigenvalue weighted by Gasteiger charge is 2.21. The summed E-state index contributed by atoms with van der Waals surface area (Å²) < 4.78 is 1.13. The van der Waals surface area contributed by atoms with Crippen molar-refractivity contribution >= 4 is 0 Å². The lowest BCUT2D eigenvalue weighted by Gasteiger charge is -2.24. The molecule has 80 valence electrons. The zero-order valence-corrected chi connectivity index (χ0v) is 8.44. The number of H-pyrrole nitrogens is 1. The molecule has 0 aliphatic carbocycles. The molecule has 1 rings (SSSR count). The minimum atomic E-state index is -0.854. The van der Waals surface area contributed by atoms with Gasteiger partial charge in [0.2, 0.25) is 0 Å². The van der Waals surface area contributed by atoms with Gasteiger partial charge in [0.1, 0.15) is 11.6 Å². The summed E-state index contributed by atoms with van der Waals surface area (Å²) >= 11 is 0. The first-order valence-electron chi connectivity index (χ1n) is 4.30. The number of aliphatic hydroxyl groups is 1. The highest BCUT2D eigenvalue weighted by atomic mass is 16.3. The van der Waals surface area contributed by atoms with E-state index >= 15 is 0 Å². The third-order valence-corrected chi connectivity index (χ3v) is 2.10. The first kappa shape index (κ1) is 11.2. The summed E-state index contributed by atoms with van der Waals surface area (Å²) in [6.45, 7) is 2.96. The summed E-state index contributed by atoms with van der Waals surface area (Å²) in [6, 6.07) is 1.67. The van der Waals surface area contributed by atoms with E-state index in [0.717, 1.165) is 10.8 Å². The second-order valence-corrected chi connectivity index (χ2v) is 3.75. The molecule has 0 amide bonds.